The number of benzene rings is 1. The Bertz CT molecular complexity index is 360. The van der Waals surface area contributed by atoms with Gasteiger partial charge >= 0.3 is 0 Å². The molecular weight excluding hydrogens is 241 g/mol. The minimum absolute atomic E-state index is 0.197. The van der Waals surface area contributed by atoms with E-state index in [1.54, 1.807) is 17.8 Å². The second-order valence-corrected chi connectivity index (χ2v) is 4.68. The molecule has 0 saturated carbocycles. The maximum absolute atomic E-state index is 12.8. The van der Waals surface area contributed by atoms with Crippen LogP contribution in [0.25, 0.3) is 0 Å². The molecule has 17 heavy (non-hydrogen) atoms. The van der Waals surface area contributed by atoms with Gasteiger partial charge in [0.05, 0.1) is 0 Å². The fourth-order valence-electron chi connectivity index (χ4n) is 1.24. The van der Waals surface area contributed by atoms with Crippen molar-refractivity contribution in [2.45, 2.75) is 6.42 Å². The molecular formula is C12H16FNO2S. The van der Waals surface area contributed by atoms with E-state index in [2.05, 4.69) is 5.32 Å². The van der Waals surface area contributed by atoms with E-state index in [0.29, 0.717) is 12.1 Å². The molecule has 0 aliphatic heterocycles. The Morgan fingerprint density at radius 1 is 1.41 bits per heavy atom. The standard InChI is InChI=1S/C12H16FNO2S/c13-11-4-1-3-10(9-11)12(16)14-5-8-17-7-2-6-15/h1,3-4,9,15H,2,5-8H2,(H,14,16). The van der Waals surface area contributed by atoms with Gasteiger partial charge in [-0.2, -0.15) is 11.8 Å². The van der Waals surface area contributed by atoms with Crippen LogP contribution in [0.15, 0.2) is 24.3 Å². The van der Waals surface area contributed by atoms with Crippen molar-refractivity contribution in [2.24, 2.45) is 0 Å². The van der Waals surface area contributed by atoms with Gasteiger partial charge in [0.15, 0.2) is 0 Å². The van der Waals surface area contributed by atoms with Crippen LogP contribution in [0, 0.1) is 5.82 Å². The Morgan fingerprint density at radius 3 is 2.94 bits per heavy atom. The van der Waals surface area contributed by atoms with Crippen molar-refractivity contribution in [1.82, 2.24) is 5.32 Å². The lowest BCUT2D eigenvalue weighted by Crippen LogP contribution is -2.25. The largest absolute Gasteiger partial charge is 0.396 e. The van der Waals surface area contributed by atoms with Crippen LogP contribution in [-0.4, -0.2) is 35.7 Å². The molecule has 0 aliphatic rings. The summed E-state index contributed by atoms with van der Waals surface area (Å²) in [5.41, 5.74) is 0.338. The molecule has 0 unspecified atom stereocenters. The van der Waals surface area contributed by atoms with Crippen LogP contribution >= 0.6 is 11.8 Å². The first-order chi connectivity index (χ1) is 8.24. The molecule has 0 spiro atoms. The Kier molecular flexibility index (Phi) is 6.65. The van der Waals surface area contributed by atoms with Crippen LogP contribution in [0.5, 0.6) is 0 Å². The first kappa shape index (κ1) is 14.0. The van der Waals surface area contributed by atoms with E-state index in [1.165, 1.54) is 18.2 Å². The molecule has 1 rings (SSSR count). The van der Waals surface area contributed by atoms with E-state index in [4.69, 9.17) is 5.11 Å². The molecule has 3 nitrogen and oxygen atoms in total. The van der Waals surface area contributed by atoms with Gasteiger partial charge in [0.2, 0.25) is 0 Å². The van der Waals surface area contributed by atoms with Gasteiger partial charge in [-0.15, -0.1) is 0 Å². The second-order valence-electron chi connectivity index (χ2n) is 3.46. The number of halogens is 1. The van der Waals surface area contributed by atoms with E-state index in [-0.39, 0.29) is 12.5 Å². The Balaban J connectivity index is 2.21. The van der Waals surface area contributed by atoms with E-state index >= 15 is 0 Å². The molecule has 0 atom stereocenters. The molecule has 0 saturated heterocycles. The van der Waals surface area contributed by atoms with Gasteiger partial charge < -0.3 is 10.4 Å². The summed E-state index contributed by atoms with van der Waals surface area (Å²) in [6.07, 6.45) is 0.766. The normalized spacial score (nSPS) is 10.2. The maximum Gasteiger partial charge on any atom is 0.251 e. The van der Waals surface area contributed by atoms with Crippen molar-refractivity contribution in [3.05, 3.63) is 35.6 Å². The van der Waals surface area contributed by atoms with Crippen LogP contribution in [-0.2, 0) is 0 Å². The van der Waals surface area contributed by atoms with Gasteiger partial charge in [-0.1, -0.05) is 6.07 Å². The van der Waals surface area contributed by atoms with Gasteiger partial charge in [-0.3, -0.25) is 4.79 Å². The molecule has 1 amide bonds. The van der Waals surface area contributed by atoms with Crippen molar-refractivity contribution < 1.29 is 14.3 Å². The topological polar surface area (TPSA) is 49.3 Å². The minimum atomic E-state index is -0.407. The number of hydrogen-bond donors (Lipinski definition) is 2. The first-order valence-corrected chi connectivity index (χ1v) is 6.62. The van der Waals surface area contributed by atoms with Crippen molar-refractivity contribution in [1.29, 1.82) is 0 Å². The summed E-state index contributed by atoms with van der Waals surface area (Å²) in [6, 6.07) is 5.62. The molecule has 1 aromatic carbocycles. The molecule has 2 N–H and O–H groups in total. The highest BCUT2D eigenvalue weighted by Crippen LogP contribution is 2.04. The third-order valence-corrected chi connectivity index (χ3v) is 3.14. The number of hydrogen-bond acceptors (Lipinski definition) is 3. The predicted octanol–water partition coefficient (Wildman–Crippen LogP) is 1.67. The van der Waals surface area contributed by atoms with Crippen molar-refractivity contribution in [3.8, 4) is 0 Å². The summed E-state index contributed by atoms with van der Waals surface area (Å²) in [5.74, 6) is 1.01. The third kappa shape index (κ3) is 5.70. The SMILES string of the molecule is O=C(NCCSCCCO)c1cccc(F)c1. The van der Waals surface area contributed by atoms with Gasteiger partial charge in [0.25, 0.3) is 5.91 Å². The van der Waals surface area contributed by atoms with E-state index < -0.39 is 5.82 Å². The molecule has 0 heterocycles. The van der Waals surface area contributed by atoms with Crippen molar-refractivity contribution in [2.75, 3.05) is 24.7 Å². The van der Waals surface area contributed by atoms with E-state index in [1.807, 2.05) is 0 Å². The molecule has 0 aliphatic carbocycles. The van der Waals surface area contributed by atoms with Crippen LogP contribution in [0.2, 0.25) is 0 Å². The Labute approximate surface area is 104 Å². The van der Waals surface area contributed by atoms with Crippen LogP contribution < -0.4 is 5.32 Å². The number of amides is 1. The maximum atomic E-state index is 12.8. The smallest absolute Gasteiger partial charge is 0.251 e. The summed E-state index contributed by atoms with van der Waals surface area (Å²) in [6.45, 7) is 0.744. The zero-order valence-corrected chi connectivity index (χ0v) is 10.3. The summed E-state index contributed by atoms with van der Waals surface area (Å²) >= 11 is 1.67. The molecule has 0 fully saturated rings. The van der Waals surface area contributed by atoms with E-state index in [0.717, 1.165) is 17.9 Å². The number of carbonyl (C=O) groups is 1. The van der Waals surface area contributed by atoms with E-state index in [9.17, 15) is 9.18 Å². The lowest BCUT2D eigenvalue weighted by atomic mass is 10.2. The highest BCUT2D eigenvalue weighted by Gasteiger charge is 2.04. The molecule has 5 heteroatoms. The van der Waals surface area contributed by atoms with Crippen LogP contribution in [0.4, 0.5) is 4.39 Å². The first-order valence-electron chi connectivity index (χ1n) is 5.46. The zero-order chi connectivity index (χ0) is 12.5. The van der Waals surface area contributed by atoms with Gasteiger partial charge in [0.1, 0.15) is 5.82 Å². The zero-order valence-electron chi connectivity index (χ0n) is 9.49. The summed E-state index contributed by atoms with van der Waals surface area (Å²) in [4.78, 5) is 11.6. The third-order valence-electron chi connectivity index (χ3n) is 2.07. The average Bonchev–Trinajstić information content (AvgIpc) is 2.33. The van der Waals surface area contributed by atoms with Crippen molar-refractivity contribution >= 4 is 17.7 Å². The van der Waals surface area contributed by atoms with Gasteiger partial charge in [0, 0.05) is 24.5 Å². The minimum Gasteiger partial charge on any atom is -0.396 e. The lowest BCUT2D eigenvalue weighted by molar-refractivity contribution is 0.0955. The molecule has 1 aromatic rings. The van der Waals surface area contributed by atoms with Gasteiger partial charge in [-0.05, 0) is 30.4 Å². The Morgan fingerprint density at radius 2 is 2.24 bits per heavy atom. The fraction of sp³-hybridized carbons (Fsp3) is 0.417. The number of aliphatic hydroxyl groups excluding tert-OH is 1. The monoisotopic (exact) mass is 257 g/mol. The second kappa shape index (κ2) is 8.08. The quantitative estimate of drug-likeness (QED) is 0.731. The molecule has 0 aromatic heterocycles. The molecule has 94 valence electrons. The number of aliphatic hydroxyl groups is 1. The predicted molar refractivity (Wildman–Crippen MR) is 67.8 cm³/mol. The molecule has 0 bridgehead atoms. The van der Waals surface area contributed by atoms with Gasteiger partial charge in [-0.25, -0.2) is 4.39 Å². The fourth-order valence-corrected chi connectivity index (χ4v) is 2.02. The average molecular weight is 257 g/mol. The number of carbonyl (C=O) groups excluding carboxylic acids is 1. The van der Waals surface area contributed by atoms with Crippen molar-refractivity contribution in [3.63, 3.8) is 0 Å². The number of rotatable bonds is 7. The highest BCUT2D eigenvalue weighted by atomic mass is 32.2. The molecule has 0 radical (unpaired) electrons. The van der Waals surface area contributed by atoms with Crippen LogP contribution in [0.3, 0.4) is 0 Å². The Hall–Kier alpha value is -1.07. The number of nitrogens with one attached hydrogen (secondary N) is 1. The summed E-state index contributed by atoms with van der Waals surface area (Å²) in [5, 5.41) is 11.3. The summed E-state index contributed by atoms with van der Waals surface area (Å²) in [7, 11) is 0. The summed E-state index contributed by atoms with van der Waals surface area (Å²) < 4.78 is 12.8. The number of thioether (sulfide) groups is 1. The lowest BCUT2D eigenvalue weighted by Gasteiger charge is -2.05. The van der Waals surface area contributed by atoms with Crippen LogP contribution in [0.1, 0.15) is 16.8 Å². The highest BCUT2D eigenvalue weighted by molar-refractivity contribution is 7.99.